The van der Waals surface area contributed by atoms with Gasteiger partial charge in [0.15, 0.2) is 0 Å². The van der Waals surface area contributed by atoms with Crippen molar-refractivity contribution in [2.75, 3.05) is 13.6 Å². The molecule has 1 rings (SSSR count). The Hall–Kier alpha value is -2.04. The topological polar surface area (TPSA) is 70.2 Å². The molecule has 0 radical (unpaired) electrons. The summed E-state index contributed by atoms with van der Waals surface area (Å²) in [6, 6.07) is 7.33. The molecule has 0 aliphatic carbocycles. The lowest BCUT2D eigenvalue weighted by Gasteiger charge is -2.10. The van der Waals surface area contributed by atoms with Gasteiger partial charge in [-0.05, 0) is 38.0 Å². The van der Waals surface area contributed by atoms with Crippen molar-refractivity contribution in [3.05, 3.63) is 35.4 Å². The third-order valence-electron chi connectivity index (χ3n) is 2.54. The van der Waals surface area contributed by atoms with Crippen LogP contribution >= 0.6 is 0 Å². The van der Waals surface area contributed by atoms with E-state index in [0.717, 1.165) is 5.56 Å². The Morgan fingerprint density at radius 3 is 2.63 bits per heavy atom. The van der Waals surface area contributed by atoms with Gasteiger partial charge in [-0.1, -0.05) is 12.1 Å². The first kappa shape index (κ1) is 15.0. The maximum Gasteiger partial charge on any atom is 0.314 e. The van der Waals surface area contributed by atoms with Crippen LogP contribution in [0.2, 0.25) is 0 Å². The van der Waals surface area contributed by atoms with Crippen LogP contribution in [0.5, 0.6) is 0 Å². The van der Waals surface area contributed by atoms with Crippen LogP contribution in [0.15, 0.2) is 24.3 Å². The van der Waals surface area contributed by atoms with Crippen LogP contribution in [0, 0.1) is 0 Å². The van der Waals surface area contributed by atoms with Crippen molar-refractivity contribution in [3.8, 4) is 0 Å². The van der Waals surface area contributed by atoms with Gasteiger partial charge in [0.25, 0.3) is 5.91 Å². The summed E-state index contributed by atoms with van der Waals surface area (Å²) < 4.78 is 0. The van der Waals surface area contributed by atoms with Crippen LogP contribution in [0.4, 0.5) is 4.79 Å². The third kappa shape index (κ3) is 5.42. The fraction of sp³-hybridized carbons (Fsp3) is 0.429. The average molecular weight is 263 g/mol. The summed E-state index contributed by atoms with van der Waals surface area (Å²) >= 11 is 0. The first-order valence-corrected chi connectivity index (χ1v) is 6.38. The van der Waals surface area contributed by atoms with Gasteiger partial charge < -0.3 is 16.0 Å². The van der Waals surface area contributed by atoms with Gasteiger partial charge in [-0.2, -0.15) is 0 Å². The van der Waals surface area contributed by atoms with Crippen molar-refractivity contribution < 1.29 is 9.59 Å². The minimum atomic E-state index is -0.169. The lowest BCUT2D eigenvalue weighted by molar-refractivity contribution is 0.0963. The molecule has 0 saturated carbocycles. The van der Waals surface area contributed by atoms with Gasteiger partial charge in [-0.3, -0.25) is 4.79 Å². The molecule has 3 amide bonds. The molecule has 104 valence electrons. The zero-order chi connectivity index (χ0) is 14.3. The van der Waals surface area contributed by atoms with Crippen molar-refractivity contribution in [2.24, 2.45) is 0 Å². The molecule has 0 heterocycles. The van der Waals surface area contributed by atoms with Crippen molar-refractivity contribution in [1.82, 2.24) is 16.0 Å². The average Bonchev–Trinajstić information content (AvgIpc) is 2.37. The molecule has 0 spiro atoms. The zero-order valence-corrected chi connectivity index (χ0v) is 11.6. The van der Waals surface area contributed by atoms with Crippen LogP contribution in [0.3, 0.4) is 0 Å². The summed E-state index contributed by atoms with van der Waals surface area (Å²) in [4.78, 5) is 22.9. The molecule has 5 heteroatoms. The number of carbonyl (C=O) groups excluding carboxylic acids is 2. The number of urea groups is 1. The fourth-order valence-corrected chi connectivity index (χ4v) is 1.65. The molecular weight excluding hydrogens is 242 g/mol. The predicted octanol–water partition coefficient (Wildman–Crippen LogP) is 1.30. The normalized spacial score (nSPS) is 10.1. The molecule has 0 aromatic heterocycles. The van der Waals surface area contributed by atoms with Gasteiger partial charge in [0.2, 0.25) is 0 Å². The first-order chi connectivity index (χ1) is 9.02. The highest BCUT2D eigenvalue weighted by molar-refractivity contribution is 5.94. The molecule has 0 atom stereocenters. The van der Waals surface area contributed by atoms with Crippen molar-refractivity contribution >= 4 is 11.9 Å². The Labute approximate surface area is 113 Å². The van der Waals surface area contributed by atoms with E-state index in [4.69, 9.17) is 0 Å². The smallest absolute Gasteiger partial charge is 0.314 e. The molecule has 0 saturated heterocycles. The van der Waals surface area contributed by atoms with E-state index in [9.17, 15) is 9.59 Å². The Balaban J connectivity index is 2.45. The second kappa shape index (κ2) is 7.41. The maximum atomic E-state index is 11.5. The van der Waals surface area contributed by atoms with Crippen molar-refractivity contribution in [3.63, 3.8) is 0 Å². The van der Waals surface area contributed by atoms with E-state index in [1.807, 2.05) is 32.0 Å². The number of carbonyl (C=O) groups is 2. The summed E-state index contributed by atoms with van der Waals surface area (Å²) in [6.45, 7) is 4.36. The molecule has 0 bridgehead atoms. The predicted molar refractivity (Wildman–Crippen MR) is 75.2 cm³/mol. The van der Waals surface area contributed by atoms with Gasteiger partial charge in [0, 0.05) is 25.2 Å². The molecular formula is C14H21N3O2. The molecule has 5 nitrogen and oxygen atoms in total. The Morgan fingerprint density at radius 1 is 1.26 bits per heavy atom. The largest absolute Gasteiger partial charge is 0.355 e. The lowest BCUT2D eigenvalue weighted by atomic mass is 10.1. The SMILES string of the molecule is CNC(=O)c1cccc(CCNC(=O)NC(C)C)c1. The lowest BCUT2D eigenvalue weighted by Crippen LogP contribution is -2.40. The highest BCUT2D eigenvalue weighted by Gasteiger charge is 2.04. The van der Waals surface area contributed by atoms with Crippen LogP contribution < -0.4 is 16.0 Å². The van der Waals surface area contributed by atoms with Crippen LogP contribution in [-0.2, 0) is 6.42 Å². The quantitative estimate of drug-likeness (QED) is 0.749. The first-order valence-electron chi connectivity index (χ1n) is 6.38. The minimum Gasteiger partial charge on any atom is -0.355 e. The van der Waals surface area contributed by atoms with Crippen molar-refractivity contribution in [1.29, 1.82) is 0 Å². The summed E-state index contributed by atoms with van der Waals surface area (Å²) in [5.74, 6) is -0.104. The summed E-state index contributed by atoms with van der Waals surface area (Å²) in [5, 5.41) is 8.11. The summed E-state index contributed by atoms with van der Waals surface area (Å²) in [7, 11) is 1.60. The number of amides is 3. The van der Waals surface area contributed by atoms with Gasteiger partial charge in [0.1, 0.15) is 0 Å². The van der Waals surface area contributed by atoms with Crippen molar-refractivity contribution in [2.45, 2.75) is 26.3 Å². The highest BCUT2D eigenvalue weighted by atomic mass is 16.2. The molecule has 0 aliphatic heterocycles. The minimum absolute atomic E-state index is 0.104. The Bertz CT molecular complexity index is 444. The van der Waals surface area contributed by atoms with E-state index in [-0.39, 0.29) is 18.0 Å². The monoisotopic (exact) mass is 263 g/mol. The standard InChI is InChI=1S/C14H21N3O2/c1-10(2)17-14(19)16-8-7-11-5-4-6-12(9-11)13(18)15-3/h4-6,9-10H,7-8H2,1-3H3,(H,15,18)(H2,16,17,19). The van der Waals surface area contributed by atoms with Gasteiger partial charge in [-0.15, -0.1) is 0 Å². The maximum absolute atomic E-state index is 11.5. The number of benzene rings is 1. The molecule has 1 aromatic rings. The highest BCUT2D eigenvalue weighted by Crippen LogP contribution is 2.05. The number of nitrogens with one attached hydrogen (secondary N) is 3. The van der Waals surface area contributed by atoms with E-state index < -0.39 is 0 Å². The van der Waals surface area contributed by atoms with Gasteiger partial charge in [-0.25, -0.2) is 4.79 Å². The van der Waals surface area contributed by atoms with E-state index in [1.165, 1.54) is 0 Å². The zero-order valence-electron chi connectivity index (χ0n) is 11.6. The van der Waals surface area contributed by atoms with E-state index in [1.54, 1.807) is 13.1 Å². The number of rotatable bonds is 5. The Morgan fingerprint density at radius 2 is 2.00 bits per heavy atom. The van der Waals surface area contributed by atoms with Gasteiger partial charge in [0.05, 0.1) is 0 Å². The van der Waals surface area contributed by atoms with Crippen LogP contribution in [0.25, 0.3) is 0 Å². The van der Waals surface area contributed by atoms with E-state index in [2.05, 4.69) is 16.0 Å². The summed E-state index contributed by atoms with van der Waals surface area (Å²) in [6.07, 6.45) is 0.691. The molecule has 0 aliphatic rings. The molecule has 19 heavy (non-hydrogen) atoms. The van der Waals surface area contributed by atoms with Crippen LogP contribution in [-0.4, -0.2) is 31.6 Å². The van der Waals surface area contributed by atoms with Crippen LogP contribution in [0.1, 0.15) is 29.8 Å². The second-order valence-electron chi connectivity index (χ2n) is 4.58. The van der Waals surface area contributed by atoms with E-state index >= 15 is 0 Å². The third-order valence-corrected chi connectivity index (χ3v) is 2.54. The summed E-state index contributed by atoms with van der Waals surface area (Å²) in [5.41, 5.74) is 1.65. The van der Waals surface area contributed by atoms with E-state index in [0.29, 0.717) is 18.5 Å². The molecule has 1 aromatic carbocycles. The number of hydrogen-bond acceptors (Lipinski definition) is 2. The Kier molecular flexibility index (Phi) is 5.85. The molecule has 3 N–H and O–H groups in total. The fourth-order valence-electron chi connectivity index (χ4n) is 1.65. The molecule has 0 fully saturated rings. The second-order valence-corrected chi connectivity index (χ2v) is 4.58. The molecule has 0 unspecified atom stereocenters. The number of hydrogen-bond donors (Lipinski definition) is 3. The van der Waals surface area contributed by atoms with Gasteiger partial charge >= 0.3 is 6.03 Å².